The summed E-state index contributed by atoms with van der Waals surface area (Å²) in [6, 6.07) is 5.46. The van der Waals surface area contributed by atoms with Crippen LogP contribution < -0.4 is 5.32 Å². The van der Waals surface area contributed by atoms with E-state index in [1.54, 1.807) is 4.68 Å². The first-order chi connectivity index (χ1) is 8.15. The van der Waals surface area contributed by atoms with Crippen molar-refractivity contribution in [1.82, 2.24) is 15.1 Å². The maximum atomic E-state index is 13.3. The number of halogens is 2. The summed E-state index contributed by atoms with van der Waals surface area (Å²) in [6.45, 7) is 0.903. The Bertz CT molecular complexity index is 508. The number of aromatic nitrogens is 2. The zero-order valence-corrected chi connectivity index (χ0v) is 9.45. The number of aryl methyl sites for hydroxylation is 1. The molecule has 1 aromatic carbocycles. The predicted octanol–water partition coefficient (Wildman–Crippen LogP) is 1.99. The molecule has 90 valence electrons. The van der Waals surface area contributed by atoms with Crippen molar-refractivity contribution in [1.29, 1.82) is 0 Å². The standard InChI is InChI=1S/C12H13F2N3/c1-17-5-4-11(16-17)8-15-7-9-2-3-10(13)6-12(9)14/h2-6,15H,7-8H2,1H3. The average Bonchev–Trinajstić information content (AvgIpc) is 2.68. The number of nitrogens with zero attached hydrogens (tertiary/aromatic N) is 2. The van der Waals surface area contributed by atoms with Crippen LogP contribution in [0.2, 0.25) is 0 Å². The number of hydrogen-bond donors (Lipinski definition) is 1. The van der Waals surface area contributed by atoms with Crippen molar-refractivity contribution in [2.45, 2.75) is 13.1 Å². The van der Waals surface area contributed by atoms with E-state index in [0.29, 0.717) is 18.7 Å². The fraction of sp³-hybridized carbons (Fsp3) is 0.250. The molecule has 3 nitrogen and oxygen atoms in total. The van der Waals surface area contributed by atoms with Crippen LogP contribution in [0.15, 0.2) is 30.5 Å². The highest BCUT2D eigenvalue weighted by Gasteiger charge is 2.03. The minimum atomic E-state index is -0.559. The summed E-state index contributed by atoms with van der Waals surface area (Å²) in [7, 11) is 1.84. The lowest BCUT2D eigenvalue weighted by Gasteiger charge is -2.04. The first kappa shape index (κ1) is 11.7. The number of nitrogens with one attached hydrogen (secondary N) is 1. The Labute approximate surface area is 98.1 Å². The van der Waals surface area contributed by atoms with Gasteiger partial charge >= 0.3 is 0 Å². The van der Waals surface area contributed by atoms with Gasteiger partial charge in [-0.15, -0.1) is 0 Å². The molecule has 5 heteroatoms. The maximum absolute atomic E-state index is 13.3. The van der Waals surface area contributed by atoms with E-state index in [2.05, 4.69) is 10.4 Å². The van der Waals surface area contributed by atoms with Gasteiger partial charge in [0.15, 0.2) is 0 Å². The molecular weight excluding hydrogens is 224 g/mol. The molecule has 0 aliphatic heterocycles. The third-order valence-corrected chi connectivity index (χ3v) is 2.41. The normalized spacial score (nSPS) is 10.8. The summed E-state index contributed by atoms with van der Waals surface area (Å²) in [6.07, 6.45) is 1.84. The molecule has 1 aromatic heterocycles. The van der Waals surface area contributed by atoms with Crippen LogP contribution in [0.25, 0.3) is 0 Å². The number of hydrogen-bond acceptors (Lipinski definition) is 2. The first-order valence-corrected chi connectivity index (χ1v) is 5.28. The van der Waals surface area contributed by atoms with Gasteiger partial charge < -0.3 is 5.32 Å². The van der Waals surface area contributed by atoms with Crippen LogP contribution in [0.1, 0.15) is 11.3 Å². The van der Waals surface area contributed by atoms with Crippen LogP contribution >= 0.6 is 0 Å². The first-order valence-electron chi connectivity index (χ1n) is 5.28. The van der Waals surface area contributed by atoms with E-state index in [0.717, 1.165) is 11.8 Å². The molecule has 0 aliphatic rings. The molecule has 0 unspecified atom stereocenters. The minimum Gasteiger partial charge on any atom is -0.307 e. The lowest BCUT2D eigenvalue weighted by Crippen LogP contribution is -2.14. The summed E-state index contributed by atoms with van der Waals surface area (Å²) in [5.41, 5.74) is 1.33. The topological polar surface area (TPSA) is 29.9 Å². The lowest BCUT2D eigenvalue weighted by atomic mass is 10.2. The van der Waals surface area contributed by atoms with Crippen LogP contribution in [0.3, 0.4) is 0 Å². The van der Waals surface area contributed by atoms with Crippen LogP contribution in [-0.2, 0) is 20.1 Å². The van der Waals surface area contributed by atoms with E-state index in [-0.39, 0.29) is 0 Å². The highest BCUT2D eigenvalue weighted by molar-refractivity contribution is 5.18. The molecule has 1 N–H and O–H groups in total. The molecule has 2 aromatic rings. The molecule has 0 fully saturated rings. The van der Waals surface area contributed by atoms with E-state index in [1.165, 1.54) is 12.1 Å². The lowest BCUT2D eigenvalue weighted by molar-refractivity contribution is 0.558. The van der Waals surface area contributed by atoms with Crippen LogP contribution in [0.5, 0.6) is 0 Å². The van der Waals surface area contributed by atoms with Gasteiger partial charge in [-0.05, 0) is 12.1 Å². The second-order valence-electron chi connectivity index (χ2n) is 3.82. The van der Waals surface area contributed by atoms with Crippen molar-refractivity contribution >= 4 is 0 Å². The largest absolute Gasteiger partial charge is 0.307 e. The number of rotatable bonds is 4. The van der Waals surface area contributed by atoms with Crippen molar-refractivity contribution in [3.8, 4) is 0 Å². The minimum absolute atomic E-state index is 0.350. The Morgan fingerprint density at radius 2 is 2.06 bits per heavy atom. The quantitative estimate of drug-likeness (QED) is 0.881. The molecule has 0 bridgehead atoms. The van der Waals surface area contributed by atoms with Gasteiger partial charge in [0.2, 0.25) is 0 Å². The zero-order valence-electron chi connectivity index (χ0n) is 9.45. The van der Waals surface area contributed by atoms with Gasteiger partial charge in [-0.2, -0.15) is 5.10 Å². The molecule has 0 amide bonds. The Morgan fingerprint density at radius 3 is 2.71 bits per heavy atom. The van der Waals surface area contributed by atoms with E-state index in [1.807, 2.05) is 19.3 Å². The van der Waals surface area contributed by atoms with E-state index in [9.17, 15) is 8.78 Å². The smallest absolute Gasteiger partial charge is 0.130 e. The summed E-state index contributed by atoms with van der Waals surface area (Å²) >= 11 is 0. The molecule has 0 aliphatic carbocycles. The molecular formula is C12H13F2N3. The van der Waals surface area contributed by atoms with E-state index >= 15 is 0 Å². The monoisotopic (exact) mass is 237 g/mol. The Morgan fingerprint density at radius 1 is 1.24 bits per heavy atom. The summed E-state index contributed by atoms with van der Waals surface area (Å²) < 4.78 is 27.6. The second kappa shape index (κ2) is 5.05. The molecule has 0 atom stereocenters. The molecule has 0 saturated carbocycles. The Hall–Kier alpha value is -1.75. The highest BCUT2D eigenvalue weighted by atomic mass is 19.1. The fourth-order valence-electron chi connectivity index (χ4n) is 1.55. The van der Waals surface area contributed by atoms with Gasteiger partial charge in [0.1, 0.15) is 11.6 Å². The van der Waals surface area contributed by atoms with Gasteiger partial charge in [0, 0.05) is 38.0 Å². The third-order valence-electron chi connectivity index (χ3n) is 2.41. The van der Waals surface area contributed by atoms with Crippen LogP contribution in [-0.4, -0.2) is 9.78 Å². The van der Waals surface area contributed by atoms with Crippen LogP contribution in [0.4, 0.5) is 8.78 Å². The summed E-state index contributed by atoms with van der Waals surface area (Å²) in [5.74, 6) is -1.09. The molecule has 1 heterocycles. The molecule has 0 spiro atoms. The highest BCUT2D eigenvalue weighted by Crippen LogP contribution is 2.09. The molecule has 0 saturated heterocycles. The van der Waals surface area contributed by atoms with Crippen molar-refractivity contribution in [3.63, 3.8) is 0 Å². The number of benzene rings is 1. The van der Waals surface area contributed by atoms with Crippen LogP contribution in [0, 0.1) is 11.6 Å². The summed E-state index contributed by atoms with van der Waals surface area (Å²) in [4.78, 5) is 0. The molecule has 17 heavy (non-hydrogen) atoms. The van der Waals surface area contributed by atoms with Gasteiger partial charge in [-0.3, -0.25) is 4.68 Å². The average molecular weight is 237 g/mol. The predicted molar refractivity (Wildman–Crippen MR) is 60.1 cm³/mol. The van der Waals surface area contributed by atoms with E-state index < -0.39 is 11.6 Å². The SMILES string of the molecule is Cn1ccc(CNCc2ccc(F)cc2F)n1. The zero-order chi connectivity index (χ0) is 12.3. The fourth-order valence-corrected chi connectivity index (χ4v) is 1.55. The van der Waals surface area contributed by atoms with Crippen molar-refractivity contribution in [2.24, 2.45) is 7.05 Å². The molecule has 0 radical (unpaired) electrons. The Balaban J connectivity index is 1.90. The van der Waals surface area contributed by atoms with E-state index in [4.69, 9.17) is 0 Å². The van der Waals surface area contributed by atoms with Crippen molar-refractivity contribution in [3.05, 3.63) is 53.4 Å². The summed E-state index contributed by atoms with van der Waals surface area (Å²) in [5, 5.41) is 7.23. The van der Waals surface area contributed by atoms with Gasteiger partial charge in [-0.25, -0.2) is 8.78 Å². The Kier molecular flexibility index (Phi) is 3.49. The second-order valence-corrected chi connectivity index (χ2v) is 3.82. The maximum Gasteiger partial charge on any atom is 0.130 e. The van der Waals surface area contributed by atoms with Crippen molar-refractivity contribution < 1.29 is 8.78 Å². The van der Waals surface area contributed by atoms with Gasteiger partial charge in [0.05, 0.1) is 5.69 Å². The third kappa shape index (κ3) is 3.10. The van der Waals surface area contributed by atoms with Crippen molar-refractivity contribution in [2.75, 3.05) is 0 Å². The van der Waals surface area contributed by atoms with Gasteiger partial charge in [-0.1, -0.05) is 6.07 Å². The molecule has 2 rings (SSSR count). The van der Waals surface area contributed by atoms with Gasteiger partial charge in [0.25, 0.3) is 0 Å².